The first-order valence-corrected chi connectivity index (χ1v) is 12.4. The second-order valence-electron chi connectivity index (χ2n) is 10.9. The SMILES string of the molecule is Cc1cccc(COC(=O)CCCCCCCCC(C(=O)OC(C)(C)C)C(=O)OC(C)(C)C)c1. The molecule has 1 aromatic rings. The van der Waals surface area contributed by atoms with Gasteiger partial charge in [-0.2, -0.15) is 0 Å². The van der Waals surface area contributed by atoms with Crippen molar-refractivity contribution >= 4 is 17.9 Å². The zero-order valence-corrected chi connectivity index (χ0v) is 22.2. The Morgan fingerprint density at radius 1 is 0.794 bits per heavy atom. The third-order valence-electron chi connectivity index (χ3n) is 4.99. The lowest BCUT2D eigenvalue weighted by Gasteiger charge is -2.26. The summed E-state index contributed by atoms with van der Waals surface area (Å²) in [7, 11) is 0. The molecule has 0 aliphatic carbocycles. The third kappa shape index (κ3) is 14.0. The molecule has 1 rings (SSSR count). The Bertz CT molecular complexity index is 757. The second kappa shape index (κ2) is 14.1. The highest BCUT2D eigenvalue weighted by molar-refractivity contribution is 5.95. The summed E-state index contributed by atoms with van der Waals surface area (Å²) in [5.41, 5.74) is 0.846. The van der Waals surface area contributed by atoms with Crippen LogP contribution in [0.25, 0.3) is 0 Å². The van der Waals surface area contributed by atoms with Gasteiger partial charge in [0.15, 0.2) is 5.92 Å². The fraction of sp³-hybridized carbons (Fsp3) is 0.679. The van der Waals surface area contributed by atoms with Gasteiger partial charge in [-0.05, 0) is 66.9 Å². The van der Waals surface area contributed by atoms with Crippen molar-refractivity contribution in [3.63, 3.8) is 0 Å². The lowest BCUT2D eigenvalue weighted by Crippen LogP contribution is -2.36. The summed E-state index contributed by atoms with van der Waals surface area (Å²) in [4.78, 5) is 37.0. The van der Waals surface area contributed by atoms with Crippen molar-refractivity contribution in [2.45, 2.75) is 118 Å². The minimum atomic E-state index is -0.901. The molecule has 0 amide bonds. The molecule has 0 radical (unpaired) electrons. The summed E-state index contributed by atoms with van der Waals surface area (Å²) in [5, 5.41) is 0. The molecule has 0 bridgehead atoms. The van der Waals surface area contributed by atoms with E-state index in [0.29, 0.717) is 19.4 Å². The van der Waals surface area contributed by atoms with E-state index in [4.69, 9.17) is 14.2 Å². The first-order valence-electron chi connectivity index (χ1n) is 12.4. The Hall–Kier alpha value is -2.37. The van der Waals surface area contributed by atoms with E-state index in [0.717, 1.165) is 49.7 Å². The summed E-state index contributed by atoms with van der Waals surface area (Å²) in [6.07, 6.45) is 6.19. The van der Waals surface area contributed by atoms with Gasteiger partial charge in [-0.1, -0.05) is 61.9 Å². The van der Waals surface area contributed by atoms with Gasteiger partial charge in [0.25, 0.3) is 0 Å². The molecule has 0 N–H and O–H groups in total. The molecule has 0 aliphatic rings. The van der Waals surface area contributed by atoms with Crippen LogP contribution < -0.4 is 0 Å². The molecule has 0 saturated heterocycles. The molecule has 0 saturated carbocycles. The van der Waals surface area contributed by atoms with Crippen molar-refractivity contribution < 1.29 is 28.6 Å². The van der Waals surface area contributed by atoms with Crippen molar-refractivity contribution in [2.75, 3.05) is 0 Å². The van der Waals surface area contributed by atoms with Crippen LogP contribution in [0.2, 0.25) is 0 Å². The number of aryl methyl sites for hydroxylation is 1. The molecule has 6 heteroatoms. The number of hydrogen-bond donors (Lipinski definition) is 0. The molecule has 34 heavy (non-hydrogen) atoms. The van der Waals surface area contributed by atoms with Crippen LogP contribution in [0.1, 0.15) is 104 Å². The minimum Gasteiger partial charge on any atom is -0.461 e. The monoisotopic (exact) mass is 476 g/mol. The molecule has 0 atom stereocenters. The van der Waals surface area contributed by atoms with E-state index in [1.54, 1.807) is 41.5 Å². The maximum atomic E-state index is 12.5. The molecule has 192 valence electrons. The third-order valence-corrected chi connectivity index (χ3v) is 4.99. The van der Waals surface area contributed by atoms with E-state index in [-0.39, 0.29) is 5.97 Å². The molecule has 0 heterocycles. The molecule has 0 aliphatic heterocycles. The van der Waals surface area contributed by atoms with Crippen LogP contribution in [-0.2, 0) is 35.2 Å². The molecule has 6 nitrogen and oxygen atoms in total. The number of unbranched alkanes of at least 4 members (excludes halogenated alkanes) is 5. The summed E-state index contributed by atoms with van der Waals surface area (Å²) < 4.78 is 16.2. The zero-order valence-electron chi connectivity index (χ0n) is 22.2. The van der Waals surface area contributed by atoms with Gasteiger partial charge in [-0.3, -0.25) is 14.4 Å². The summed E-state index contributed by atoms with van der Waals surface area (Å²) >= 11 is 0. The summed E-state index contributed by atoms with van der Waals surface area (Å²) in [5.74, 6) is -2.11. The fourth-order valence-corrected chi connectivity index (χ4v) is 3.44. The lowest BCUT2D eigenvalue weighted by atomic mass is 9.99. The van der Waals surface area contributed by atoms with Gasteiger partial charge in [-0.25, -0.2) is 0 Å². The topological polar surface area (TPSA) is 78.9 Å². The first-order chi connectivity index (χ1) is 15.8. The molecule has 0 fully saturated rings. The van der Waals surface area contributed by atoms with E-state index in [1.165, 1.54) is 0 Å². The van der Waals surface area contributed by atoms with Crippen LogP contribution in [0.15, 0.2) is 24.3 Å². The molecule has 1 aromatic carbocycles. The Morgan fingerprint density at radius 2 is 1.32 bits per heavy atom. The van der Waals surface area contributed by atoms with Crippen molar-refractivity contribution in [1.82, 2.24) is 0 Å². The van der Waals surface area contributed by atoms with Crippen molar-refractivity contribution in [3.8, 4) is 0 Å². The zero-order chi connectivity index (χ0) is 25.8. The lowest BCUT2D eigenvalue weighted by molar-refractivity contribution is -0.174. The van der Waals surface area contributed by atoms with Gasteiger partial charge in [0, 0.05) is 6.42 Å². The Balaban J connectivity index is 2.27. The number of ether oxygens (including phenoxy) is 3. The van der Waals surface area contributed by atoms with Crippen molar-refractivity contribution in [1.29, 1.82) is 0 Å². The van der Waals surface area contributed by atoms with Crippen molar-refractivity contribution in [3.05, 3.63) is 35.4 Å². The maximum Gasteiger partial charge on any atom is 0.320 e. The van der Waals surface area contributed by atoms with Crippen LogP contribution in [0.3, 0.4) is 0 Å². The molecule has 0 unspecified atom stereocenters. The van der Waals surface area contributed by atoms with Gasteiger partial charge in [0.05, 0.1) is 0 Å². The summed E-state index contributed by atoms with van der Waals surface area (Å²) in [6, 6.07) is 7.95. The average molecular weight is 477 g/mol. The Labute approximate surface area is 205 Å². The predicted octanol–water partition coefficient (Wildman–Crippen LogP) is 6.46. The highest BCUT2D eigenvalue weighted by atomic mass is 16.6. The molecular weight excluding hydrogens is 432 g/mol. The number of hydrogen-bond acceptors (Lipinski definition) is 6. The van der Waals surface area contributed by atoms with E-state index in [1.807, 2.05) is 31.2 Å². The van der Waals surface area contributed by atoms with E-state index >= 15 is 0 Å². The van der Waals surface area contributed by atoms with Gasteiger partial charge in [0.2, 0.25) is 0 Å². The molecule has 0 aromatic heterocycles. The van der Waals surface area contributed by atoms with Gasteiger partial charge in [-0.15, -0.1) is 0 Å². The maximum absolute atomic E-state index is 12.5. The van der Waals surface area contributed by atoms with Crippen LogP contribution in [-0.4, -0.2) is 29.1 Å². The number of esters is 3. The highest BCUT2D eigenvalue weighted by Gasteiger charge is 2.34. The van der Waals surface area contributed by atoms with Crippen LogP contribution in [0, 0.1) is 12.8 Å². The van der Waals surface area contributed by atoms with Gasteiger partial charge < -0.3 is 14.2 Å². The van der Waals surface area contributed by atoms with Gasteiger partial charge in [0.1, 0.15) is 17.8 Å². The Morgan fingerprint density at radius 3 is 1.85 bits per heavy atom. The standard InChI is InChI=1S/C28H44O6/c1-21-15-14-16-22(19-21)20-32-24(29)18-13-11-9-8-10-12-17-23(25(30)33-27(2,3)4)26(31)34-28(5,6)7/h14-16,19,23H,8-13,17-18,20H2,1-7H3. The molecular formula is C28H44O6. The Kier molecular flexibility index (Phi) is 12.3. The molecule has 0 spiro atoms. The quantitative estimate of drug-likeness (QED) is 0.141. The fourth-order valence-electron chi connectivity index (χ4n) is 3.44. The number of carbonyl (C=O) groups is 3. The van der Waals surface area contributed by atoms with Crippen LogP contribution >= 0.6 is 0 Å². The normalized spacial score (nSPS) is 11.9. The van der Waals surface area contributed by atoms with Crippen LogP contribution in [0.5, 0.6) is 0 Å². The predicted molar refractivity (Wildman–Crippen MR) is 133 cm³/mol. The van der Waals surface area contributed by atoms with Gasteiger partial charge >= 0.3 is 17.9 Å². The van der Waals surface area contributed by atoms with Crippen LogP contribution in [0.4, 0.5) is 0 Å². The average Bonchev–Trinajstić information content (AvgIpc) is 2.68. The summed E-state index contributed by atoms with van der Waals surface area (Å²) in [6.45, 7) is 13.1. The number of carbonyl (C=O) groups excluding carboxylic acids is 3. The minimum absolute atomic E-state index is 0.168. The largest absolute Gasteiger partial charge is 0.461 e. The van der Waals surface area contributed by atoms with Crippen molar-refractivity contribution in [2.24, 2.45) is 5.92 Å². The number of rotatable bonds is 13. The first kappa shape index (κ1) is 29.7. The smallest absolute Gasteiger partial charge is 0.320 e. The second-order valence-corrected chi connectivity index (χ2v) is 10.9. The number of benzene rings is 1. The van der Waals surface area contributed by atoms with E-state index in [2.05, 4.69) is 0 Å². The van der Waals surface area contributed by atoms with E-state index in [9.17, 15) is 14.4 Å². The highest BCUT2D eigenvalue weighted by Crippen LogP contribution is 2.21. The van der Waals surface area contributed by atoms with E-state index < -0.39 is 29.1 Å².